The highest BCUT2D eigenvalue weighted by Gasteiger charge is 2.39. The van der Waals surface area contributed by atoms with Crippen LogP contribution in [-0.2, 0) is 12.0 Å². The molecule has 2 unspecified atom stereocenters. The zero-order valence-corrected chi connectivity index (χ0v) is 24.7. The normalized spacial score (nSPS) is 17.0. The van der Waals surface area contributed by atoms with Crippen molar-refractivity contribution in [2.75, 3.05) is 7.05 Å². The van der Waals surface area contributed by atoms with Gasteiger partial charge in [-0.3, -0.25) is 5.01 Å². The van der Waals surface area contributed by atoms with Crippen LogP contribution in [0.3, 0.4) is 0 Å². The number of halogens is 2. The average molecular weight is 563 g/mol. The maximum Gasteiger partial charge on any atom is 0.397 e. The molecule has 4 rings (SSSR count). The van der Waals surface area contributed by atoms with E-state index in [1.165, 1.54) is 13.0 Å². The van der Waals surface area contributed by atoms with Crippen LogP contribution in [-0.4, -0.2) is 36.1 Å². The zero-order chi connectivity index (χ0) is 29.8. The predicted molar refractivity (Wildman–Crippen MR) is 159 cm³/mol. The standard InChI is InChI=1S/C33H40F2N4O2/c1-7-33(34,35)41-27-18-12-17-26(20-27)32(22-24-14-9-8-10-15-24,25-16-11-13-23(2)19-25)37-30(40)36-29-21-28(31(3,4)5)38-39(29)6/h8-20,29H,7,21-22H2,1-6H3,(H2,36,37,40). The van der Waals surface area contributed by atoms with Crippen LogP contribution < -0.4 is 15.4 Å². The van der Waals surface area contributed by atoms with Gasteiger partial charge in [-0.25, -0.2) is 4.79 Å². The molecular formula is C33H40F2N4O2. The van der Waals surface area contributed by atoms with Crippen molar-refractivity contribution in [2.24, 2.45) is 10.5 Å². The second kappa shape index (κ2) is 11.9. The number of carbonyl (C=O) groups is 1. The van der Waals surface area contributed by atoms with Crippen LogP contribution in [0, 0.1) is 12.3 Å². The van der Waals surface area contributed by atoms with E-state index in [-0.39, 0.29) is 17.3 Å². The van der Waals surface area contributed by atoms with E-state index in [9.17, 15) is 13.6 Å². The molecule has 0 saturated carbocycles. The number of hydrogen-bond donors (Lipinski definition) is 2. The number of amides is 2. The maximum absolute atomic E-state index is 14.3. The van der Waals surface area contributed by atoms with Crippen molar-refractivity contribution in [2.45, 2.75) is 71.7 Å². The Labute approximate surface area is 241 Å². The molecule has 0 spiro atoms. The first-order chi connectivity index (χ1) is 19.3. The number of nitrogens with zero attached hydrogens (tertiary/aromatic N) is 2. The number of alkyl halides is 2. The van der Waals surface area contributed by atoms with Crippen LogP contribution >= 0.6 is 0 Å². The predicted octanol–water partition coefficient (Wildman–Crippen LogP) is 7.23. The summed E-state index contributed by atoms with van der Waals surface area (Å²) in [6.45, 7) is 9.65. The van der Waals surface area contributed by atoms with E-state index in [0.29, 0.717) is 18.4 Å². The number of rotatable bonds is 9. The fourth-order valence-corrected chi connectivity index (χ4v) is 5.04. The van der Waals surface area contributed by atoms with Crippen molar-refractivity contribution in [3.8, 4) is 5.75 Å². The summed E-state index contributed by atoms with van der Waals surface area (Å²) in [5.41, 5.74) is 3.19. The molecular weight excluding hydrogens is 522 g/mol. The zero-order valence-electron chi connectivity index (χ0n) is 24.7. The van der Waals surface area contributed by atoms with E-state index < -0.39 is 24.1 Å². The van der Waals surface area contributed by atoms with Gasteiger partial charge in [0.15, 0.2) is 0 Å². The molecule has 2 N–H and O–H groups in total. The Kier molecular flexibility index (Phi) is 8.71. The molecule has 6 nitrogen and oxygen atoms in total. The SMILES string of the molecule is CCC(F)(F)Oc1cccc(C(Cc2ccccc2)(NC(=O)NC2CC(C(C)(C)C)=NN2C)c2cccc(C)c2)c1. The van der Waals surface area contributed by atoms with Crippen LogP contribution in [0.5, 0.6) is 5.75 Å². The number of aryl methyl sites for hydroxylation is 1. The Balaban J connectivity index is 1.78. The van der Waals surface area contributed by atoms with Gasteiger partial charge >= 0.3 is 12.1 Å². The third kappa shape index (κ3) is 7.23. The number of hydrazone groups is 1. The van der Waals surface area contributed by atoms with Gasteiger partial charge in [0.05, 0.1) is 5.54 Å². The number of hydrogen-bond acceptors (Lipinski definition) is 4. The molecule has 2 atom stereocenters. The lowest BCUT2D eigenvalue weighted by molar-refractivity contribution is -0.177. The van der Waals surface area contributed by atoms with E-state index in [1.54, 1.807) is 17.1 Å². The minimum Gasteiger partial charge on any atom is -0.433 e. The molecule has 0 aromatic heterocycles. The second-order valence-corrected chi connectivity index (χ2v) is 11.7. The molecule has 3 aromatic rings. The number of urea groups is 1. The monoisotopic (exact) mass is 562 g/mol. The number of carbonyl (C=O) groups excluding carboxylic acids is 1. The molecule has 0 bridgehead atoms. The van der Waals surface area contributed by atoms with Gasteiger partial charge in [0, 0.05) is 37.4 Å². The Bertz CT molecular complexity index is 1390. The lowest BCUT2D eigenvalue weighted by Crippen LogP contribution is -2.55. The fourth-order valence-electron chi connectivity index (χ4n) is 5.04. The van der Waals surface area contributed by atoms with E-state index in [0.717, 1.165) is 22.4 Å². The molecule has 218 valence electrons. The van der Waals surface area contributed by atoms with Gasteiger partial charge in [-0.1, -0.05) is 100.0 Å². The summed E-state index contributed by atoms with van der Waals surface area (Å²) in [5, 5.41) is 12.8. The van der Waals surface area contributed by atoms with Crippen molar-refractivity contribution < 1.29 is 18.3 Å². The first kappa shape index (κ1) is 30.0. The molecule has 41 heavy (non-hydrogen) atoms. The van der Waals surface area contributed by atoms with E-state index in [2.05, 4.69) is 36.5 Å². The first-order valence-electron chi connectivity index (χ1n) is 14.0. The highest BCUT2D eigenvalue weighted by Crippen LogP contribution is 2.37. The summed E-state index contributed by atoms with van der Waals surface area (Å²) >= 11 is 0. The van der Waals surface area contributed by atoms with Crippen LogP contribution in [0.25, 0.3) is 0 Å². The van der Waals surface area contributed by atoms with Gasteiger partial charge in [0.25, 0.3) is 0 Å². The van der Waals surface area contributed by atoms with E-state index in [1.807, 2.05) is 74.6 Å². The Morgan fingerprint density at radius 3 is 2.27 bits per heavy atom. The summed E-state index contributed by atoms with van der Waals surface area (Å²) in [6, 6.07) is 23.9. The largest absolute Gasteiger partial charge is 0.433 e. The quantitative estimate of drug-likeness (QED) is 0.289. The van der Waals surface area contributed by atoms with E-state index >= 15 is 0 Å². The van der Waals surface area contributed by atoms with Crippen molar-refractivity contribution in [1.82, 2.24) is 15.6 Å². The molecule has 3 aromatic carbocycles. The molecule has 1 heterocycles. The van der Waals surface area contributed by atoms with Crippen molar-refractivity contribution >= 4 is 11.7 Å². The number of ether oxygens (including phenoxy) is 1. The summed E-state index contributed by atoms with van der Waals surface area (Å²) in [7, 11) is 1.84. The van der Waals surface area contributed by atoms with Gasteiger partial charge in [0.2, 0.25) is 0 Å². The first-order valence-corrected chi connectivity index (χ1v) is 14.0. The summed E-state index contributed by atoms with van der Waals surface area (Å²) < 4.78 is 33.6. The van der Waals surface area contributed by atoms with Gasteiger partial charge in [-0.2, -0.15) is 13.9 Å². The summed E-state index contributed by atoms with van der Waals surface area (Å²) in [4.78, 5) is 13.8. The Morgan fingerprint density at radius 1 is 1.00 bits per heavy atom. The van der Waals surface area contributed by atoms with Gasteiger partial charge in [-0.15, -0.1) is 0 Å². The summed E-state index contributed by atoms with van der Waals surface area (Å²) in [5.74, 6) is 0.0281. The van der Waals surface area contributed by atoms with Gasteiger partial charge in [0.1, 0.15) is 11.9 Å². The molecule has 0 aliphatic carbocycles. The molecule has 0 fully saturated rings. The Hall–Kier alpha value is -3.94. The smallest absolute Gasteiger partial charge is 0.397 e. The van der Waals surface area contributed by atoms with Crippen LogP contribution in [0.4, 0.5) is 13.6 Å². The van der Waals surface area contributed by atoms with Gasteiger partial charge in [-0.05, 0) is 35.7 Å². The van der Waals surface area contributed by atoms with Gasteiger partial charge < -0.3 is 15.4 Å². The topological polar surface area (TPSA) is 66.0 Å². The third-order valence-corrected chi connectivity index (χ3v) is 7.44. The molecule has 1 aliphatic rings. The molecule has 8 heteroatoms. The maximum atomic E-state index is 14.3. The molecule has 2 amide bonds. The minimum atomic E-state index is -3.31. The van der Waals surface area contributed by atoms with Crippen molar-refractivity contribution in [3.63, 3.8) is 0 Å². The highest BCUT2D eigenvalue weighted by atomic mass is 19.3. The minimum absolute atomic E-state index is 0.0281. The van der Waals surface area contributed by atoms with E-state index in [4.69, 9.17) is 4.74 Å². The van der Waals surface area contributed by atoms with Crippen LogP contribution in [0.1, 0.15) is 62.8 Å². The molecule has 1 aliphatic heterocycles. The summed E-state index contributed by atoms with van der Waals surface area (Å²) in [6.07, 6.45) is -3.12. The third-order valence-electron chi connectivity index (χ3n) is 7.44. The Morgan fingerprint density at radius 2 is 1.66 bits per heavy atom. The lowest BCUT2D eigenvalue weighted by Gasteiger charge is -2.37. The fraction of sp³-hybridized carbons (Fsp3) is 0.394. The average Bonchev–Trinajstić information content (AvgIpc) is 3.29. The van der Waals surface area contributed by atoms with Crippen LogP contribution in [0.2, 0.25) is 0 Å². The van der Waals surface area contributed by atoms with Crippen LogP contribution in [0.15, 0.2) is 84.0 Å². The second-order valence-electron chi connectivity index (χ2n) is 11.7. The molecule has 0 saturated heterocycles. The number of nitrogens with one attached hydrogen (secondary N) is 2. The molecule has 0 radical (unpaired) electrons. The number of benzene rings is 3. The van der Waals surface area contributed by atoms with Crippen molar-refractivity contribution in [3.05, 3.63) is 101 Å². The highest BCUT2D eigenvalue weighted by molar-refractivity contribution is 5.91. The lowest BCUT2D eigenvalue weighted by atomic mass is 9.77. The van der Waals surface area contributed by atoms with Crippen molar-refractivity contribution in [1.29, 1.82) is 0 Å².